The van der Waals surface area contributed by atoms with E-state index in [1.165, 1.54) is 51.7 Å². The zero-order valence-corrected chi connectivity index (χ0v) is 16.8. The number of ether oxygens (including phenoxy) is 1. The third-order valence-corrected chi connectivity index (χ3v) is 5.44. The molecule has 2 N–H and O–H groups in total. The average Bonchev–Trinajstić information content (AvgIpc) is 3.22. The quantitative estimate of drug-likeness (QED) is 0.540. The molecule has 2 aliphatic rings. The first-order chi connectivity index (χ1) is 13.3. The Morgan fingerprint density at radius 1 is 1.26 bits per heavy atom. The summed E-state index contributed by atoms with van der Waals surface area (Å²) < 4.78 is 11.3. The summed E-state index contributed by atoms with van der Waals surface area (Å²) in [6.07, 6.45) is 10.0. The third kappa shape index (κ3) is 7.18. The van der Waals surface area contributed by atoms with E-state index < -0.39 is 0 Å². The fourth-order valence-corrected chi connectivity index (χ4v) is 3.87. The third-order valence-electron chi connectivity index (χ3n) is 5.44. The summed E-state index contributed by atoms with van der Waals surface area (Å²) in [5.74, 6) is 1.93. The lowest BCUT2D eigenvalue weighted by molar-refractivity contribution is 0.0224. The highest BCUT2D eigenvalue weighted by Crippen LogP contribution is 2.13. The predicted molar refractivity (Wildman–Crippen MR) is 109 cm³/mol. The Morgan fingerprint density at radius 3 is 2.85 bits per heavy atom. The van der Waals surface area contributed by atoms with Crippen LogP contribution in [0.5, 0.6) is 0 Å². The first kappa shape index (κ1) is 20.2. The van der Waals surface area contributed by atoms with Crippen LogP contribution in [0.2, 0.25) is 0 Å². The Morgan fingerprint density at radius 2 is 2.15 bits per heavy atom. The van der Waals surface area contributed by atoms with Gasteiger partial charge in [-0.15, -0.1) is 0 Å². The molecular weight excluding hydrogens is 340 g/mol. The minimum absolute atomic E-state index is 0.272. The number of aliphatic imine (C=N–C) groups is 1. The number of piperidine rings is 1. The van der Waals surface area contributed by atoms with Gasteiger partial charge in [-0.25, -0.2) is 0 Å². The van der Waals surface area contributed by atoms with E-state index in [2.05, 4.69) is 22.5 Å². The second-order valence-corrected chi connectivity index (χ2v) is 7.69. The molecule has 2 fully saturated rings. The van der Waals surface area contributed by atoms with Crippen LogP contribution in [0.4, 0.5) is 0 Å². The smallest absolute Gasteiger partial charge is 0.191 e. The SMILES string of the molecule is CCCN1CCC(NC(=NCC2CCCCO2)NCCc2ccco2)CC1. The predicted octanol–water partition coefficient (Wildman–Crippen LogP) is 2.80. The normalized spacial score (nSPS) is 22.7. The number of guanidine groups is 1. The van der Waals surface area contributed by atoms with Crippen molar-refractivity contribution in [2.75, 3.05) is 39.3 Å². The van der Waals surface area contributed by atoms with E-state index in [0.717, 1.165) is 44.3 Å². The average molecular weight is 377 g/mol. The van der Waals surface area contributed by atoms with Crippen LogP contribution in [0, 0.1) is 0 Å². The van der Waals surface area contributed by atoms with Gasteiger partial charge in [-0.05, 0) is 57.2 Å². The van der Waals surface area contributed by atoms with Gasteiger partial charge in [0.2, 0.25) is 0 Å². The van der Waals surface area contributed by atoms with Crippen molar-refractivity contribution in [2.45, 2.75) is 64.0 Å². The molecule has 0 bridgehead atoms. The molecule has 2 aliphatic heterocycles. The lowest BCUT2D eigenvalue weighted by Gasteiger charge is -2.33. The molecule has 1 aromatic heterocycles. The summed E-state index contributed by atoms with van der Waals surface area (Å²) in [6, 6.07) is 4.46. The summed E-state index contributed by atoms with van der Waals surface area (Å²) in [5, 5.41) is 7.16. The molecule has 3 rings (SSSR count). The second kappa shape index (κ2) is 11.3. The van der Waals surface area contributed by atoms with Crippen LogP contribution >= 0.6 is 0 Å². The molecular formula is C21H36N4O2. The van der Waals surface area contributed by atoms with Crippen molar-refractivity contribution < 1.29 is 9.15 Å². The molecule has 27 heavy (non-hydrogen) atoms. The summed E-state index contributed by atoms with van der Waals surface area (Å²) in [4.78, 5) is 7.41. The van der Waals surface area contributed by atoms with Gasteiger partial charge in [0.25, 0.3) is 0 Å². The van der Waals surface area contributed by atoms with Gasteiger partial charge in [0.1, 0.15) is 5.76 Å². The van der Waals surface area contributed by atoms with Crippen LogP contribution in [0.3, 0.4) is 0 Å². The Kier molecular flexibility index (Phi) is 8.49. The van der Waals surface area contributed by atoms with Crippen molar-refractivity contribution in [1.82, 2.24) is 15.5 Å². The molecule has 0 saturated carbocycles. The number of likely N-dealkylation sites (tertiary alicyclic amines) is 1. The van der Waals surface area contributed by atoms with Gasteiger partial charge in [-0.1, -0.05) is 6.92 Å². The van der Waals surface area contributed by atoms with Gasteiger partial charge >= 0.3 is 0 Å². The lowest BCUT2D eigenvalue weighted by Crippen LogP contribution is -2.49. The van der Waals surface area contributed by atoms with Crippen molar-refractivity contribution in [2.24, 2.45) is 4.99 Å². The molecule has 0 amide bonds. The first-order valence-corrected chi connectivity index (χ1v) is 10.7. The summed E-state index contributed by atoms with van der Waals surface area (Å²) in [6.45, 7) is 8.27. The molecule has 0 aromatic carbocycles. The van der Waals surface area contributed by atoms with Crippen LogP contribution in [-0.2, 0) is 11.2 Å². The molecule has 1 atom stereocenters. The molecule has 0 aliphatic carbocycles. The number of hydrogen-bond donors (Lipinski definition) is 2. The van der Waals surface area contributed by atoms with E-state index in [1.807, 2.05) is 12.1 Å². The maximum Gasteiger partial charge on any atom is 0.191 e. The largest absolute Gasteiger partial charge is 0.469 e. The lowest BCUT2D eigenvalue weighted by atomic mass is 10.1. The molecule has 6 nitrogen and oxygen atoms in total. The maximum atomic E-state index is 5.84. The van der Waals surface area contributed by atoms with Gasteiger partial charge in [-0.3, -0.25) is 4.99 Å². The molecule has 152 valence electrons. The number of nitrogens with zero attached hydrogens (tertiary/aromatic N) is 2. The Hall–Kier alpha value is -1.53. The van der Waals surface area contributed by atoms with Crippen LogP contribution in [0.25, 0.3) is 0 Å². The van der Waals surface area contributed by atoms with Gasteiger partial charge in [-0.2, -0.15) is 0 Å². The van der Waals surface area contributed by atoms with E-state index in [9.17, 15) is 0 Å². The second-order valence-electron chi connectivity index (χ2n) is 7.69. The van der Waals surface area contributed by atoms with Gasteiger partial charge in [0.05, 0.1) is 18.9 Å². The highest BCUT2D eigenvalue weighted by molar-refractivity contribution is 5.80. The van der Waals surface area contributed by atoms with E-state index >= 15 is 0 Å². The fourth-order valence-electron chi connectivity index (χ4n) is 3.87. The van der Waals surface area contributed by atoms with E-state index in [4.69, 9.17) is 14.1 Å². The standard InChI is InChI=1S/C21H36N4O2/c1-2-12-25-13-9-18(10-14-25)24-21(22-11-8-19-7-5-16-26-19)23-17-20-6-3-4-15-27-20/h5,7,16,18,20H,2-4,6,8-15,17H2,1H3,(H2,22,23,24). The molecule has 0 spiro atoms. The zero-order valence-electron chi connectivity index (χ0n) is 16.8. The van der Waals surface area contributed by atoms with Crippen molar-refractivity contribution in [3.05, 3.63) is 24.2 Å². The summed E-state index contributed by atoms with van der Waals surface area (Å²) in [5.41, 5.74) is 0. The number of rotatable bonds is 8. The zero-order chi connectivity index (χ0) is 18.7. The van der Waals surface area contributed by atoms with Crippen molar-refractivity contribution >= 4 is 5.96 Å². The highest BCUT2D eigenvalue weighted by Gasteiger charge is 2.20. The van der Waals surface area contributed by atoms with Gasteiger partial charge < -0.3 is 24.7 Å². The van der Waals surface area contributed by atoms with Crippen LogP contribution in [0.15, 0.2) is 27.8 Å². The summed E-state index contributed by atoms with van der Waals surface area (Å²) in [7, 11) is 0. The topological polar surface area (TPSA) is 62.0 Å². The minimum atomic E-state index is 0.272. The Bertz CT molecular complexity index is 532. The van der Waals surface area contributed by atoms with E-state index in [0.29, 0.717) is 6.04 Å². The minimum Gasteiger partial charge on any atom is -0.469 e. The number of furan rings is 1. The Labute approximate surface area is 163 Å². The van der Waals surface area contributed by atoms with Crippen LogP contribution in [-0.4, -0.2) is 62.3 Å². The van der Waals surface area contributed by atoms with Crippen molar-refractivity contribution in [3.63, 3.8) is 0 Å². The molecule has 0 radical (unpaired) electrons. The molecule has 1 unspecified atom stereocenters. The number of nitrogens with one attached hydrogen (secondary N) is 2. The van der Waals surface area contributed by atoms with E-state index in [1.54, 1.807) is 6.26 Å². The monoisotopic (exact) mass is 376 g/mol. The Balaban J connectivity index is 1.48. The first-order valence-electron chi connectivity index (χ1n) is 10.7. The van der Waals surface area contributed by atoms with Crippen molar-refractivity contribution in [3.8, 4) is 0 Å². The molecule has 6 heteroatoms. The molecule has 3 heterocycles. The molecule has 1 aromatic rings. The summed E-state index contributed by atoms with van der Waals surface area (Å²) >= 11 is 0. The van der Waals surface area contributed by atoms with Crippen molar-refractivity contribution in [1.29, 1.82) is 0 Å². The van der Waals surface area contributed by atoms with Crippen LogP contribution in [0.1, 0.15) is 51.2 Å². The van der Waals surface area contributed by atoms with Gasteiger partial charge in [0.15, 0.2) is 5.96 Å². The fraction of sp³-hybridized carbons (Fsp3) is 0.762. The highest BCUT2D eigenvalue weighted by atomic mass is 16.5. The van der Waals surface area contributed by atoms with Crippen LogP contribution < -0.4 is 10.6 Å². The maximum absolute atomic E-state index is 5.84. The van der Waals surface area contributed by atoms with E-state index in [-0.39, 0.29) is 6.10 Å². The number of hydrogen-bond acceptors (Lipinski definition) is 4. The van der Waals surface area contributed by atoms with Gasteiger partial charge in [0, 0.05) is 38.7 Å². The molecule has 2 saturated heterocycles.